The van der Waals surface area contributed by atoms with E-state index in [1.807, 2.05) is 31.4 Å². The van der Waals surface area contributed by atoms with Crippen LogP contribution in [0, 0.1) is 5.92 Å². The third kappa shape index (κ3) is 4.96. The number of hydrogen-bond acceptors (Lipinski definition) is 5. The fourth-order valence-corrected chi connectivity index (χ4v) is 4.65. The van der Waals surface area contributed by atoms with Crippen LogP contribution in [-0.4, -0.2) is 33.2 Å². The molecule has 3 rings (SSSR count). The normalized spacial score (nSPS) is 11.3. The van der Waals surface area contributed by atoms with Gasteiger partial charge in [-0.3, -0.25) is 14.2 Å². The van der Waals surface area contributed by atoms with Crippen LogP contribution < -0.4 is 5.56 Å². The van der Waals surface area contributed by atoms with Gasteiger partial charge in [0.2, 0.25) is 5.91 Å². The molecule has 1 amide bonds. The van der Waals surface area contributed by atoms with Crippen molar-refractivity contribution in [2.75, 3.05) is 12.8 Å². The van der Waals surface area contributed by atoms with Crippen molar-refractivity contribution >= 4 is 51.5 Å². The highest BCUT2D eigenvalue weighted by molar-refractivity contribution is 7.99. The molecule has 28 heavy (non-hydrogen) atoms. The Kier molecular flexibility index (Phi) is 6.80. The largest absolute Gasteiger partial charge is 0.340 e. The maximum atomic E-state index is 13.0. The van der Waals surface area contributed by atoms with E-state index in [-0.39, 0.29) is 23.1 Å². The van der Waals surface area contributed by atoms with Gasteiger partial charge in [-0.1, -0.05) is 43.3 Å². The number of halogens is 1. The van der Waals surface area contributed by atoms with E-state index in [2.05, 4.69) is 4.98 Å². The molecule has 0 atom stereocenters. The zero-order valence-corrected chi connectivity index (χ0v) is 18.4. The summed E-state index contributed by atoms with van der Waals surface area (Å²) in [7, 11) is 1.79. The SMILES string of the molecule is CC(C)Cn1c(SCC(=O)N(C)Cc2cccs2)nc2ccc(Cl)cc2c1=O. The molecule has 0 spiro atoms. The number of benzene rings is 1. The molecule has 2 aromatic heterocycles. The predicted octanol–water partition coefficient (Wildman–Crippen LogP) is 4.52. The van der Waals surface area contributed by atoms with Crippen molar-refractivity contribution in [3.63, 3.8) is 0 Å². The molecule has 0 aliphatic heterocycles. The van der Waals surface area contributed by atoms with E-state index < -0.39 is 0 Å². The van der Waals surface area contributed by atoms with E-state index in [1.54, 1.807) is 46.1 Å². The van der Waals surface area contributed by atoms with Gasteiger partial charge in [-0.15, -0.1) is 11.3 Å². The number of aromatic nitrogens is 2. The molecule has 0 aliphatic rings. The standard InChI is InChI=1S/C20H22ClN3O2S2/c1-13(2)10-24-19(26)16-9-14(21)6-7-17(16)22-20(24)28-12-18(25)23(3)11-15-5-4-8-27-15/h4-9,13H,10-12H2,1-3H3. The summed E-state index contributed by atoms with van der Waals surface area (Å²) in [6.07, 6.45) is 0. The second-order valence-corrected chi connectivity index (χ2v) is 9.39. The molecule has 0 fully saturated rings. The minimum atomic E-state index is -0.122. The number of thiophene rings is 1. The smallest absolute Gasteiger partial charge is 0.262 e. The quantitative estimate of drug-likeness (QED) is 0.404. The van der Waals surface area contributed by atoms with Gasteiger partial charge in [0.1, 0.15) is 0 Å². The van der Waals surface area contributed by atoms with Crippen molar-refractivity contribution in [1.29, 1.82) is 0 Å². The molecule has 1 aromatic carbocycles. The van der Waals surface area contributed by atoms with Crippen LogP contribution in [-0.2, 0) is 17.9 Å². The number of thioether (sulfide) groups is 1. The summed E-state index contributed by atoms with van der Waals surface area (Å²) in [6.45, 7) is 5.21. The predicted molar refractivity (Wildman–Crippen MR) is 117 cm³/mol. The van der Waals surface area contributed by atoms with Crippen molar-refractivity contribution in [3.8, 4) is 0 Å². The van der Waals surface area contributed by atoms with Crippen LogP contribution in [0.25, 0.3) is 10.9 Å². The van der Waals surface area contributed by atoms with Crippen LogP contribution in [0.1, 0.15) is 18.7 Å². The highest BCUT2D eigenvalue weighted by Gasteiger charge is 2.16. The lowest BCUT2D eigenvalue weighted by atomic mass is 10.2. The highest BCUT2D eigenvalue weighted by atomic mass is 35.5. The van der Waals surface area contributed by atoms with Gasteiger partial charge in [-0.05, 0) is 35.6 Å². The van der Waals surface area contributed by atoms with E-state index in [1.165, 1.54) is 11.8 Å². The van der Waals surface area contributed by atoms with E-state index in [0.717, 1.165) is 4.88 Å². The minimum absolute atomic E-state index is 0.0000472. The Labute approximate surface area is 177 Å². The number of fused-ring (bicyclic) bond motifs is 1. The van der Waals surface area contributed by atoms with Gasteiger partial charge < -0.3 is 4.90 Å². The molecule has 3 aromatic rings. The van der Waals surface area contributed by atoms with Crippen molar-refractivity contribution in [3.05, 3.63) is 56.0 Å². The molecular weight excluding hydrogens is 414 g/mol. The highest BCUT2D eigenvalue weighted by Crippen LogP contribution is 2.22. The van der Waals surface area contributed by atoms with Gasteiger partial charge in [0, 0.05) is 23.5 Å². The Morgan fingerprint density at radius 1 is 1.36 bits per heavy atom. The Bertz CT molecular complexity index is 1030. The maximum absolute atomic E-state index is 13.0. The first-order valence-corrected chi connectivity index (χ1v) is 11.2. The number of hydrogen-bond donors (Lipinski definition) is 0. The number of amides is 1. The third-order valence-corrected chi connectivity index (χ3v) is 6.21. The summed E-state index contributed by atoms with van der Waals surface area (Å²) in [4.78, 5) is 33.0. The van der Waals surface area contributed by atoms with E-state index >= 15 is 0 Å². The molecule has 5 nitrogen and oxygen atoms in total. The Morgan fingerprint density at radius 2 is 2.14 bits per heavy atom. The molecule has 0 radical (unpaired) electrons. The van der Waals surface area contributed by atoms with Crippen LogP contribution in [0.2, 0.25) is 5.02 Å². The van der Waals surface area contributed by atoms with Crippen LogP contribution in [0.15, 0.2) is 45.7 Å². The van der Waals surface area contributed by atoms with Gasteiger partial charge in [-0.2, -0.15) is 0 Å². The van der Waals surface area contributed by atoms with Crippen LogP contribution >= 0.6 is 34.7 Å². The number of nitrogens with zero attached hydrogens (tertiary/aromatic N) is 3. The fraction of sp³-hybridized carbons (Fsp3) is 0.350. The molecule has 0 aliphatic carbocycles. The topological polar surface area (TPSA) is 55.2 Å². The van der Waals surface area contributed by atoms with Crippen molar-refractivity contribution in [1.82, 2.24) is 14.5 Å². The van der Waals surface area contributed by atoms with Crippen molar-refractivity contribution in [2.24, 2.45) is 5.92 Å². The summed E-state index contributed by atoms with van der Waals surface area (Å²) < 4.78 is 1.65. The van der Waals surface area contributed by atoms with E-state index in [0.29, 0.717) is 34.2 Å². The Balaban J connectivity index is 1.83. The van der Waals surface area contributed by atoms with Gasteiger partial charge in [-0.25, -0.2) is 4.98 Å². The van der Waals surface area contributed by atoms with Crippen molar-refractivity contribution < 1.29 is 4.79 Å². The Hall–Kier alpha value is -1.83. The average Bonchev–Trinajstić information content (AvgIpc) is 3.15. The summed E-state index contributed by atoms with van der Waals surface area (Å²) in [6, 6.07) is 9.10. The molecule has 148 valence electrons. The first-order chi connectivity index (χ1) is 13.3. The van der Waals surface area contributed by atoms with E-state index in [4.69, 9.17) is 11.6 Å². The molecule has 0 saturated heterocycles. The first-order valence-electron chi connectivity index (χ1n) is 8.94. The summed E-state index contributed by atoms with van der Waals surface area (Å²) in [5, 5.41) is 3.57. The zero-order chi connectivity index (χ0) is 20.3. The average molecular weight is 436 g/mol. The molecule has 0 N–H and O–H groups in total. The molecule has 0 bridgehead atoms. The van der Waals surface area contributed by atoms with Crippen LogP contribution in [0.5, 0.6) is 0 Å². The summed E-state index contributed by atoms with van der Waals surface area (Å²) in [5.74, 6) is 0.499. The minimum Gasteiger partial charge on any atom is -0.340 e. The lowest BCUT2D eigenvalue weighted by molar-refractivity contribution is -0.127. The molecule has 8 heteroatoms. The van der Waals surface area contributed by atoms with Gasteiger partial charge >= 0.3 is 0 Å². The second-order valence-electron chi connectivity index (χ2n) is 6.98. The Morgan fingerprint density at radius 3 is 2.82 bits per heavy atom. The molecule has 0 saturated carbocycles. The van der Waals surface area contributed by atoms with Crippen LogP contribution in [0.4, 0.5) is 0 Å². The second kappa shape index (κ2) is 9.11. The zero-order valence-electron chi connectivity index (χ0n) is 16.0. The number of carbonyl (C=O) groups is 1. The van der Waals surface area contributed by atoms with Gasteiger partial charge in [0.15, 0.2) is 5.16 Å². The van der Waals surface area contributed by atoms with Gasteiger partial charge in [0.25, 0.3) is 5.56 Å². The van der Waals surface area contributed by atoms with E-state index in [9.17, 15) is 9.59 Å². The van der Waals surface area contributed by atoms with Gasteiger partial charge in [0.05, 0.1) is 23.2 Å². The first kappa shape index (κ1) is 20.9. The molecular formula is C20H22ClN3O2S2. The lowest BCUT2D eigenvalue weighted by Gasteiger charge is -2.18. The molecule has 0 unspecified atom stereocenters. The molecule has 2 heterocycles. The summed E-state index contributed by atoms with van der Waals surface area (Å²) >= 11 is 8.98. The maximum Gasteiger partial charge on any atom is 0.262 e. The number of carbonyl (C=O) groups excluding carboxylic acids is 1. The lowest BCUT2D eigenvalue weighted by Crippen LogP contribution is -2.29. The fourth-order valence-electron chi connectivity index (χ4n) is 2.77. The number of rotatable bonds is 7. The third-order valence-electron chi connectivity index (χ3n) is 4.15. The van der Waals surface area contributed by atoms with Crippen molar-refractivity contribution in [2.45, 2.75) is 32.1 Å². The monoisotopic (exact) mass is 435 g/mol. The van der Waals surface area contributed by atoms with Crippen LogP contribution in [0.3, 0.4) is 0 Å². The summed E-state index contributed by atoms with van der Waals surface area (Å²) in [5.41, 5.74) is 0.472.